The molecule has 2 aromatic heterocycles. The number of pyridine rings is 1. The molecule has 0 spiro atoms. The molecule has 21 heavy (non-hydrogen) atoms. The first-order valence-corrected chi connectivity index (χ1v) is 7.40. The molecule has 0 atom stereocenters. The molecule has 1 aliphatic heterocycles. The second-order valence-corrected chi connectivity index (χ2v) is 5.25. The monoisotopic (exact) mass is 288 g/mol. The third kappa shape index (κ3) is 3.65. The summed E-state index contributed by atoms with van der Waals surface area (Å²) in [5.74, 6) is 1.15. The van der Waals surface area contributed by atoms with Gasteiger partial charge in [0.05, 0.1) is 19.1 Å². The van der Waals surface area contributed by atoms with Gasteiger partial charge in [0.2, 0.25) is 11.7 Å². The predicted molar refractivity (Wildman–Crippen MR) is 77.8 cm³/mol. The molecule has 2 aromatic rings. The number of nitrogens with zero attached hydrogens (tertiary/aromatic N) is 3. The van der Waals surface area contributed by atoms with Crippen LogP contribution in [0.4, 0.5) is 0 Å². The van der Waals surface area contributed by atoms with Crippen molar-refractivity contribution in [3.8, 4) is 11.5 Å². The Morgan fingerprint density at radius 2 is 2.24 bits per heavy atom. The number of nitrogens with one attached hydrogen (secondary N) is 1. The Kier molecular flexibility index (Phi) is 4.57. The number of rotatable bonds is 5. The van der Waals surface area contributed by atoms with Crippen molar-refractivity contribution in [3.63, 3.8) is 0 Å². The minimum atomic E-state index is 0.353. The van der Waals surface area contributed by atoms with E-state index in [0.717, 1.165) is 37.2 Å². The van der Waals surface area contributed by atoms with Gasteiger partial charge >= 0.3 is 0 Å². The fourth-order valence-corrected chi connectivity index (χ4v) is 2.45. The van der Waals surface area contributed by atoms with E-state index in [1.807, 2.05) is 19.1 Å². The molecule has 0 aliphatic carbocycles. The topological polar surface area (TPSA) is 73.1 Å². The highest BCUT2D eigenvalue weighted by Crippen LogP contribution is 2.17. The van der Waals surface area contributed by atoms with Crippen LogP contribution in [-0.2, 0) is 11.2 Å². The Morgan fingerprint density at radius 3 is 3.05 bits per heavy atom. The Labute approximate surface area is 123 Å². The highest BCUT2D eigenvalue weighted by molar-refractivity contribution is 5.52. The number of aromatic nitrogens is 3. The van der Waals surface area contributed by atoms with Crippen molar-refractivity contribution in [1.29, 1.82) is 0 Å². The fraction of sp³-hybridized carbons (Fsp3) is 0.533. The molecule has 6 nitrogen and oxygen atoms in total. The molecule has 0 amide bonds. The number of hydrogen-bond donors (Lipinski definition) is 1. The SMILES string of the molecule is Cc1cccnc1-c1noc(CCOC2CCNCC2)n1. The van der Waals surface area contributed by atoms with Gasteiger partial charge in [0.15, 0.2) is 0 Å². The van der Waals surface area contributed by atoms with E-state index in [0.29, 0.717) is 30.8 Å². The summed E-state index contributed by atoms with van der Waals surface area (Å²) in [5.41, 5.74) is 1.81. The van der Waals surface area contributed by atoms with E-state index in [9.17, 15) is 0 Å². The van der Waals surface area contributed by atoms with Gasteiger partial charge in [-0.3, -0.25) is 4.98 Å². The summed E-state index contributed by atoms with van der Waals surface area (Å²) >= 11 is 0. The van der Waals surface area contributed by atoms with Gasteiger partial charge in [-0.05, 0) is 44.5 Å². The lowest BCUT2D eigenvalue weighted by Crippen LogP contribution is -2.32. The Balaban J connectivity index is 1.54. The van der Waals surface area contributed by atoms with Gasteiger partial charge in [-0.1, -0.05) is 11.2 Å². The predicted octanol–water partition coefficient (Wildman–Crippen LogP) is 1.75. The molecule has 0 saturated carbocycles. The zero-order chi connectivity index (χ0) is 14.5. The molecule has 0 radical (unpaired) electrons. The number of piperidine rings is 1. The molecule has 0 unspecified atom stereocenters. The van der Waals surface area contributed by atoms with Crippen LogP contribution in [0.1, 0.15) is 24.3 Å². The minimum Gasteiger partial charge on any atom is -0.378 e. The second kappa shape index (κ2) is 6.78. The summed E-state index contributed by atoms with van der Waals surface area (Å²) < 4.78 is 11.1. The van der Waals surface area contributed by atoms with Gasteiger partial charge in [-0.25, -0.2) is 0 Å². The van der Waals surface area contributed by atoms with Crippen LogP contribution in [0, 0.1) is 6.92 Å². The largest absolute Gasteiger partial charge is 0.378 e. The highest BCUT2D eigenvalue weighted by Gasteiger charge is 2.15. The summed E-state index contributed by atoms with van der Waals surface area (Å²) in [6.45, 7) is 4.68. The quantitative estimate of drug-likeness (QED) is 0.903. The molecule has 3 rings (SSSR count). The van der Waals surface area contributed by atoms with E-state index in [4.69, 9.17) is 9.26 Å². The minimum absolute atomic E-state index is 0.353. The van der Waals surface area contributed by atoms with E-state index in [2.05, 4.69) is 20.4 Å². The number of ether oxygens (including phenoxy) is 1. The number of aryl methyl sites for hydroxylation is 1. The zero-order valence-electron chi connectivity index (χ0n) is 12.2. The first-order valence-electron chi connectivity index (χ1n) is 7.40. The summed E-state index contributed by atoms with van der Waals surface area (Å²) in [5, 5.41) is 7.32. The van der Waals surface area contributed by atoms with Crippen molar-refractivity contribution >= 4 is 0 Å². The van der Waals surface area contributed by atoms with Crippen LogP contribution < -0.4 is 5.32 Å². The van der Waals surface area contributed by atoms with E-state index < -0.39 is 0 Å². The summed E-state index contributed by atoms with van der Waals surface area (Å²) in [6.07, 6.45) is 4.87. The molecular weight excluding hydrogens is 268 g/mol. The Morgan fingerprint density at radius 1 is 1.38 bits per heavy atom. The van der Waals surface area contributed by atoms with Gasteiger partial charge in [-0.15, -0.1) is 0 Å². The molecule has 1 N–H and O–H groups in total. The molecule has 1 saturated heterocycles. The Hall–Kier alpha value is -1.79. The Bertz CT molecular complexity index is 579. The average molecular weight is 288 g/mol. The normalized spacial score (nSPS) is 16.2. The molecule has 3 heterocycles. The molecule has 1 fully saturated rings. The maximum Gasteiger partial charge on any atom is 0.229 e. The zero-order valence-corrected chi connectivity index (χ0v) is 12.2. The summed E-state index contributed by atoms with van der Waals surface area (Å²) in [6, 6.07) is 3.88. The van der Waals surface area contributed by atoms with Crippen LogP contribution in [0.15, 0.2) is 22.9 Å². The van der Waals surface area contributed by atoms with Gasteiger partial charge in [0.25, 0.3) is 0 Å². The summed E-state index contributed by atoms with van der Waals surface area (Å²) in [4.78, 5) is 8.68. The van der Waals surface area contributed by atoms with E-state index >= 15 is 0 Å². The molecule has 1 aliphatic rings. The molecule has 0 aromatic carbocycles. The van der Waals surface area contributed by atoms with Crippen LogP contribution in [-0.4, -0.2) is 40.9 Å². The van der Waals surface area contributed by atoms with Gasteiger partial charge in [0.1, 0.15) is 5.69 Å². The highest BCUT2D eigenvalue weighted by atomic mass is 16.5. The van der Waals surface area contributed by atoms with Crippen molar-refractivity contribution in [2.24, 2.45) is 0 Å². The lowest BCUT2D eigenvalue weighted by atomic mass is 10.1. The maximum absolute atomic E-state index is 5.84. The van der Waals surface area contributed by atoms with Gasteiger partial charge in [0, 0.05) is 6.20 Å². The third-order valence-electron chi connectivity index (χ3n) is 3.65. The average Bonchev–Trinajstić information content (AvgIpc) is 2.97. The van der Waals surface area contributed by atoms with E-state index in [-0.39, 0.29) is 0 Å². The van der Waals surface area contributed by atoms with E-state index in [1.165, 1.54) is 0 Å². The molecule has 6 heteroatoms. The van der Waals surface area contributed by atoms with Crippen LogP contribution in [0.25, 0.3) is 11.5 Å². The molecule has 0 bridgehead atoms. The molecular formula is C15H20N4O2. The van der Waals surface area contributed by atoms with Crippen LogP contribution in [0.3, 0.4) is 0 Å². The van der Waals surface area contributed by atoms with Crippen LogP contribution >= 0.6 is 0 Å². The van der Waals surface area contributed by atoms with Crippen molar-refractivity contribution in [1.82, 2.24) is 20.4 Å². The number of hydrogen-bond acceptors (Lipinski definition) is 6. The van der Waals surface area contributed by atoms with Crippen LogP contribution in [0.5, 0.6) is 0 Å². The maximum atomic E-state index is 5.84. The van der Waals surface area contributed by atoms with Crippen LogP contribution in [0.2, 0.25) is 0 Å². The van der Waals surface area contributed by atoms with Crippen molar-refractivity contribution in [2.75, 3.05) is 19.7 Å². The van der Waals surface area contributed by atoms with Gasteiger partial charge < -0.3 is 14.6 Å². The van der Waals surface area contributed by atoms with Crippen molar-refractivity contribution in [3.05, 3.63) is 29.8 Å². The smallest absolute Gasteiger partial charge is 0.229 e. The third-order valence-corrected chi connectivity index (χ3v) is 3.65. The standard InChI is InChI=1S/C15H20N4O2/c1-11-3-2-7-17-14(11)15-18-13(21-19-15)6-10-20-12-4-8-16-9-5-12/h2-3,7,12,16H,4-6,8-10H2,1H3. The van der Waals surface area contributed by atoms with Crippen molar-refractivity contribution in [2.45, 2.75) is 32.3 Å². The molecule has 112 valence electrons. The lowest BCUT2D eigenvalue weighted by Gasteiger charge is -2.22. The fourth-order valence-electron chi connectivity index (χ4n) is 2.45. The summed E-state index contributed by atoms with van der Waals surface area (Å²) in [7, 11) is 0. The lowest BCUT2D eigenvalue weighted by molar-refractivity contribution is 0.0322. The van der Waals surface area contributed by atoms with E-state index in [1.54, 1.807) is 6.20 Å². The first-order chi connectivity index (χ1) is 10.3. The van der Waals surface area contributed by atoms with Crippen molar-refractivity contribution < 1.29 is 9.26 Å². The second-order valence-electron chi connectivity index (χ2n) is 5.25. The van der Waals surface area contributed by atoms with Gasteiger partial charge in [-0.2, -0.15) is 4.98 Å². The first kappa shape index (κ1) is 14.2.